The molecule has 11 heteroatoms. The van der Waals surface area contributed by atoms with Gasteiger partial charge in [-0.2, -0.15) is 0 Å². The van der Waals surface area contributed by atoms with E-state index in [0.29, 0.717) is 31.0 Å². The highest BCUT2D eigenvalue weighted by Gasteiger charge is 2.46. The van der Waals surface area contributed by atoms with Gasteiger partial charge in [-0.05, 0) is 62.7 Å². The zero-order valence-corrected chi connectivity index (χ0v) is 26.6. The number of methoxy groups -OCH3 is 1. The van der Waals surface area contributed by atoms with Crippen LogP contribution in [-0.2, 0) is 16.1 Å². The van der Waals surface area contributed by atoms with Crippen LogP contribution in [0.1, 0.15) is 55.0 Å². The van der Waals surface area contributed by atoms with Crippen molar-refractivity contribution in [1.82, 2.24) is 20.3 Å². The fourth-order valence-corrected chi connectivity index (χ4v) is 8.61. The van der Waals surface area contributed by atoms with Crippen LogP contribution in [0.3, 0.4) is 0 Å². The number of anilines is 1. The summed E-state index contributed by atoms with van der Waals surface area (Å²) < 4.78 is 14.5. The molecule has 232 valence electrons. The average Bonchev–Trinajstić information content (AvgIpc) is 3.47. The van der Waals surface area contributed by atoms with E-state index >= 15 is 0 Å². The van der Waals surface area contributed by atoms with Crippen LogP contribution in [0, 0.1) is 11.8 Å². The molecule has 1 saturated heterocycles. The van der Waals surface area contributed by atoms with Crippen molar-refractivity contribution in [3.05, 3.63) is 71.5 Å². The van der Waals surface area contributed by atoms with E-state index in [-0.39, 0.29) is 48.0 Å². The summed E-state index contributed by atoms with van der Waals surface area (Å²) in [6.45, 7) is 8.17. The number of fused-ring (bicyclic) bond motifs is 1. The molecule has 0 spiro atoms. The second-order valence-electron chi connectivity index (χ2n) is 12.5. The number of benzene rings is 2. The molecule has 4 N–H and O–H groups in total. The summed E-state index contributed by atoms with van der Waals surface area (Å²) in [5.41, 5.74) is 3.23. The van der Waals surface area contributed by atoms with E-state index < -0.39 is 8.32 Å². The molecule has 1 aromatic heterocycles. The smallest absolute Gasteiger partial charge is 0.228 e. The Morgan fingerprint density at radius 3 is 2.72 bits per heavy atom. The van der Waals surface area contributed by atoms with Crippen molar-refractivity contribution < 1.29 is 24.2 Å². The SMILES string of the molecule is CO[C@H]1c2cc(NC(=O)C3CCCNC3)ccc2O[C@@H](C(CCn2cc(C(CO)c3ccccc3)nn2)[Si](C)(C)O)[C@@H]1C. The highest BCUT2D eigenvalue weighted by Crippen LogP contribution is 2.47. The predicted octanol–water partition coefficient (Wildman–Crippen LogP) is 4.08. The maximum absolute atomic E-state index is 12.9. The largest absolute Gasteiger partial charge is 0.490 e. The second-order valence-corrected chi connectivity index (χ2v) is 16.5. The lowest BCUT2D eigenvalue weighted by Gasteiger charge is -2.44. The Balaban J connectivity index is 1.31. The molecule has 0 saturated carbocycles. The molecule has 3 unspecified atom stereocenters. The Morgan fingerprint density at radius 1 is 1.26 bits per heavy atom. The molecule has 3 aromatic rings. The van der Waals surface area contributed by atoms with E-state index in [1.807, 2.05) is 67.8 Å². The van der Waals surface area contributed by atoms with Crippen LogP contribution in [0.2, 0.25) is 18.6 Å². The molecule has 43 heavy (non-hydrogen) atoms. The number of aliphatic hydroxyl groups is 1. The number of piperidine rings is 1. The van der Waals surface area contributed by atoms with Crippen molar-refractivity contribution in [3.63, 3.8) is 0 Å². The van der Waals surface area contributed by atoms with Gasteiger partial charge in [0.1, 0.15) is 11.9 Å². The third-order valence-corrected chi connectivity index (χ3v) is 11.5. The number of nitrogens with zero attached hydrogens (tertiary/aromatic N) is 3. The number of rotatable bonds is 11. The van der Waals surface area contributed by atoms with E-state index in [2.05, 4.69) is 27.9 Å². The van der Waals surface area contributed by atoms with Crippen molar-refractivity contribution in [2.75, 3.05) is 32.1 Å². The predicted molar refractivity (Wildman–Crippen MR) is 167 cm³/mol. The van der Waals surface area contributed by atoms with Gasteiger partial charge in [-0.1, -0.05) is 42.5 Å². The van der Waals surface area contributed by atoms with Gasteiger partial charge in [-0.3, -0.25) is 9.48 Å². The first-order valence-corrected chi connectivity index (χ1v) is 18.3. The minimum atomic E-state index is -2.70. The molecule has 6 atom stereocenters. The number of hydrogen-bond donors (Lipinski definition) is 4. The topological polar surface area (TPSA) is 131 Å². The molecule has 0 radical (unpaired) electrons. The third kappa shape index (κ3) is 7.18. The second kappa shape index (κ2) is 13.7. The summed E-state index contributed by atoms with van der Waals surface area (Å²) in [4.78, 5) is 24.3. The molecule has 10 nitrogen and oxygen atoms in total. The van der Waals surface area contributed by atoms with Crippen molar-refractivity contribution in [2.45, 2.75) is 69.5 Å². The van der Waals surface area contributed by atoms with E-state index in [1.165, 1.54) is 0 Å². The van der Waals surface area contributed by atoms with Crippen molar-refractivity contribution in [1.29, 1.82) is 0 Å². The Hall–Kier alpha value is -3.09. The van der Waals surface area contributed by atoms with Crippen molar-refractivity contribution in [3.8, 4) is 5.75 Å². The lowest BCUT2D eigenvalue weighted by molar-refractivity contribution is -0.120. The zero-order valence-electron chi connectivity index (χ0n) is 25.6. The Bertz CT molecular complexity index is 1360. The monoisotopic (exact) mass is 607 g/mol. The summed E-state index contributed by atoms with van der Waals surface area (Å²) in [5.74, 6) is 0.422. The lowest BCUT2D eigenvalue weighted by Crippen LogP contribution is -2.48. The van der Waals surface area contributed by atoms with Gasteiger partial charge in [-0.15, -0.1) is 5.10 Å². The molecule has 2 aromatic carbocycles. The van der Waals surface area contributed by atoms with Gasteiger partial charge >= 0.3 is 0 Å². The van der Waals surface area contributed by atoms with Crippen LogP contribution < -0.4 is 15.4 Å². The summed E-state index contributed by atoms with van der Waals surface area (Å²) in [6, 6.07) is 15.5. The van der Waals surface area contributed by atoms with Gasteiger partial charge in [0.2, 0.25) is 5.91 Å². The van der Waals surface area contributed by atoms with Crippen LogP contribution in [0.4, 0.5) is 5.69 Å². The molecule has 3 heterocycles. The van der Waals surface area contributed by atoms with Gasteiger partial charge in [0.25, 0.3) is 0 Å². The Kier molecular flexibility index (Phi) is 9.98. The summed E-state index contributed by atoms with van der Waals surface area (Å²) >= 11 is 0. The van der Waals surface area contributed by atoms with Gasteiger partial charge in [0.05, 0.1) is 30.2 Å². The van der Waals surface area contributed by atoms with Gasteiger partial charge < -0.3 is 30.0 Å². The van der Waals surface area contributed by atoms with Gasteiger partial charge in [-0.25, -0.2) is 0 Å². The molecule has 1 fully saturated rings. The Morgan fingerprint density at radius 2 is 2.05 bits per heavy atom. The number of aryl methyl sites for hydroxylation is 1. The summed E-state index contributed by atoms with van der Waals surface area (Å²) in [6.07, 6.45) is 3.90. The highest BCUT2D eigenvalue weighted by molar-refractivity contribution is 6.71. The molecule has 1 amide bonds. The maximum atomic E-state index is 12.9. The number of hydrogen-bond acceptors (Lipinski definition) is 8. The van der Waals surface area contributed by atoms with Crippen LogP contribution >= 0.6 is 0 Å². The molecule has 2 aliphatic heterocycles. The zero-order chi connectivity index (χ0) is 30.6. The molecule has 2 aliphatic rings. The van der Waals surface area contributed by atoms with E-state index in [9.17, 15) is 14.7 Å². The van der Waals surface area contributed by atoms with E-state index in [1.54, 1.807) is 11.8 Å². The fourth-order valence-electron chi connectivity index (χ4n) is 6.60. The van der Waals surface area contributed by atoms with Gasteiger partial charge in [0, 0.05) is 49.1 Å². The maximum Gasteiger partial charge on any atom is 0.228 e. The van der Waals surface area contributed by atoms with Crippen molar-refractivity contribution in [2.24, 2.45) is 11.8 Å². The van der Waals surface area contributed by atoms with Crippen LogP contribution in [-0.4, -0.2) is 72.0 Å². The summed E-state index contributed by atoms with van der Waals surface area (Å²) in [5, 5.41) is 25.2. The minimum Gasteiger partial charge on any atom is -0.490 e. The number of ether oxygens (including phenoxy) is 2. The standard InChI is InChI=1S/C32H45N5O5Si/c1-21-30(41-2)25-17-24(34-32(39)23-11-8-15-33-18-23)12-13-28(25)42-31(21)29(43(3,4)40)14-16-37-19-27(35-36-37)26(20-38)22-9-6-5-7-10-22/h5-7,9-10,12-13,17,19,21,23,26,29-31,33,38,40H,8,11,14-16,18,20H2,1-4H3,(H,34,39)/t21-,23?,26?,29?,30-,31-/m1/s1. The number of carbonyl (C=O) groups excluding carboxylic acids is 1. The van der Waals surface area contributed by atoms with E-state index in [4.69, 9.17) is 9.47 Å². The van der Waals surface area contributed by atoms with Crippen LogP contribution in [0.5, 0.6) is 5.75 Å². The highest BCUT2D eigenvalue weighted by atomic mass is 28.4. The molecular formula is C32H45N5O5Si. The quantitative estimate of drug-likeness (QED) is 0.240. The number of aliphatic hydroxyl groups excluding tert-OH is 1. The minimum absolute atomic E-state index is 0.0298. The first kappa shape index (κ1) is 31.3. The normalized spacial score (nSPS) is 23.6. The van der Waals surface area contributed by atoms with Crippen LogP contribution in [0.25, 0.3) is 0 Å². The first-order valence-electron chi connectivity index (χ1n) is 15.3. The first-order chi connectivity index (χ1) is 20.7. The molecular weight excluding hydrogens is 562 g/mol. The third-order valence-electron chi connectivity index (χ3n) is 9.04. The number of carbonyl (C=O) groups is 1. The summed E-state index contributed by atoms with van der Waals surface area (Å²) in [7, 11) is -1.01. The van der Waals surface area contributed by atoms with Gasteiger partial charge in [0.15, 0.2) is 8.32 Å². The van der Waals surface area contributed by atoms with Crippen molar-refractivity contribution >= 4 is 19.9 Å². The number of aromatic nitrogens is 3. The number of amides is 1. The van der Waals surface area contributed by atoms with E-state index in [0.717, 1.165) is 36.2 Å². The molecule has 0 aliphatic carbocycles. The molecule has 5 rings (SSSR count). The van der Waals surface area contributed by atoms with Crippen LogP contribution in [0.15, 0.2) is 54.7 Å². The fraction of sp³-hybridized carbons (Fsp3) is 0.531. The lowest BCUT2D eigenvalue weighted by atomic mass is 9.86. The number of nitrogens with one attached hydrogen (secondary N) is 2. The Labute approximate surface area is 254 Å². The molecule has 0 bridgehead atoms. The average molecular weight is 608 g/mol.